The van der Waals surface area contributed by atoms with E-state index in [9.17, 15) is 33.0 Å². The molecule has 2 N–H and O–H groups in total. The van der Waals surface area contributed by atoms with Gasteiger partial charge in [-0.2, -0.15) is 8.42 Å². The van der Waals surface area contributed by atoms with Crippen molar-refractivity contribution in [3.8, 4) is 5.75 Å². The van der Waals surface area contributed by atoms with Gasteiger partial charge in [0.15, 0.2) is 5.78 Å². The molecule has 1 unspecified atom stereocenters. The van der Waals surface area contributed by atoms with Gasteiger partial charge < -0.3 is 5.11 Å². The van der Waals surface area contributed by atoms with Gasteiger partial charge in [0.25, 0.3) is 15.8 Å². The largest absolute Gasteiger partial charge is 0.507 e. The molecule has 8 nitrogen and oxygen atoms in total. The molecular weight excluding hydrogens is 422 g/mol. The lowest BCUT2D eigenvalue weighted by atomic mass is 9.85. The fourth-order valence-corrected chi connectivity index (χ4v) is 4.33. The highest BCUT2D eigenvalue weighted by Crippen LogP contribution is 2.38. The van der Waals surface area contributed by atoms with Crippen LogP contribution in [0.15, 0.2) is 66.7 Å². The van der Waals surface area contributed by atoms with Crippen molar-refractivity contribution in [2.75, 3.05) is 0 Å². The number of phenolic OH excluding ortho intramolecular Hbond substituents is 1. The lowest BCUT2D eigenvalue weighted by Gasteiger charge is -2.21. The Bertz CT molecular complexity index is 1420. The summed E-state index contributed by atoms with van der Waals surface area (Å²) in [5.41, 5.74) is 0.146. The second-order valence-corrected chi connectivity index (χ2v) is 8.37. The Morgan fingerprint density at radius 1 is 1.06 bits per heavy atom. The van der Waals surface area contributed by atoms with Crippen LogP contribution < -0.4 is 0 Å². The molecule has 0 heterocycles. The van der Waals surface area contributed by atoms with Crippen molar-refractivity contribution >= 4 is 43.3 Å². The third-order valence-corrected chi connectivity index (χ3v) is 6.00. The highest BCUT2D eigenvalue weighted by Gasteiger charge is 2.33. The van der Waals surface area contributed by atoms with E-state index < -0.39 is 31.6 Å². The van der Waals surface area contributed by atoms with E-state index in [1.165, 1.54) is 18.2 Å². The average Bonchev–Trinajstić information content (AvgIpc) is 2.73. The number of nitro groups is 1. The number of phenols is 1. The molecule has 0 saturated carbocycles. The first-order valence-corrected chi connectivity index (χ1v) is 10.5. The lowest BCUT2D eigenvalue weighted by molar-refractivity contribution is -0.384. The maximum Gasteiger partial charge on any atom is 0.295 e. The molecule has 1 aliphatic carbocycles. The number of aromatic hydroxyl groups is 1. The minimum atomic E-state index is -4.78. The molecule has 1 atom stereocenters. The molecule has 156 valence electrons. The zero-order valence-electron chi connectivity index (χ0n) is 15.8. The summed E-state index contributed by atoms with van der Waals surface area (Å²) in [6, 6.07) is 14.2. The number of benzene rings is 3. The van der Waals surface area contributed by atoms with E-state index in [-0.39, 0.29) is 22.6 Å². The van der Waals surface area contributed by atoms with Crippen molar-refractivity contribution < 1.29 is 27.8 Å². The molecule has 3 aromatic carbocycles. The molecule has 31 heavy (non-hydrogen) atoms. The summed E-state index contributed by atoms with van der Waals surface area (Å²) in [7, 11) is -4.78. The van der Waals surface area contributed by atoms with Crippen LogP contribution in [0.2, 0.25) is 0 Å². The fourth-order valence-electron chi connectivity index (χ4n) is 3.61. The van der Waals surface area contributed by atoms with Crippen LogP contribution in [0, 0.1) is 10.1 Å². The summed E-state index contributed by atoms with van der Waals surface area (Å²) in [6.07, 6.45) is 3.77. The van der Waals surface area contributed by atoms with E-state index in [1.54, 1.807) is 18.2 Å². The summed E-state index contributed by atoms with van der Waals surface area (Å²) in [4.78, 5) is 22.4. The van der Waals surface area contributed by atoms with Crippen molar-refractivity contribution in [1.29, 1.82) is 0 Å². The first-order valence-electron chi connectivity index (χ1n) is 9.07. The standard InChI is InChI=1S/C22H15NO7S/c24-20-12-21(31(28,29)30)19-11-15(23(26)27)8-10-17(19)18(20)9-7-14-6-5-13-3-1-2-4-16(13)22(14)25/h1-12,18,25H,(H,28,29,30). The molecule has 1 aliphatic rings. The molecule has 0 fully saturated rings. The van der Waals surface area contributed by atoms with Crippen molar-refractivity contribution in [1.82, 2.24) is 0 Å². The first-order chi connectivity index (χ1) is 14.7. The number of rotatable bonds is 4. The summed E-state index contributed by atoms with van der Waals surface area (Å²) in [5.74, 6) is -1.55. The fraction of sp³-hybridized carbons (Fsp3) is 0.0455. The van der Waals surface area contributed by atoms with E-state index in [1.807, 2.05) is 18.2 Å². The van der Waals surface area contributed by atoms with Crippen molar-refractivity contribution in [3.63, 3.8) is 0 Å². The van der Waals surface area contributed by atoms with E-state index in [4.69, 9.17) is 0 Å². The monoisotopic (exact) mass is 437 g/mol. The predicted molar refractivity (Wildman–Crippen MR) is 115 cm³/mol. The van der Waals surface area contributed by atoms with Crippen LogP contribution in [0.5, 0.6) is 5.75 Å². The smallest absolute Gasteiger partial charge is 0.295 e. The van der Waals surface area contributed by atoms with Crippen molar-refractivity contribution in [2.45, 2.75) is 5.92 Å². The molecule has 0 amide bonds. The van der Waals surface area contributed by atoms with Crippen LogP contribution in [-0.2, 0) is 14.9 Å². The van der Waals surface area contributed by atoms with E-state index in [0.29, 0.717) is 10.9 Å². The topological polar surface area (TPSA) is 135 Å². The van der Waals surface area contributed by atoms with Gasteiger partial charge in [-0.1, -0.05) is 54.6 Å². The second-order valence-electron chi connectivity index (χ2n) is 6.98. The highest BCUT2D eigenvalue weighted by atomic mass is 32.2. The minimum Gasteiger partial charge on any atom is -0.507 e. The van der Waals surface area contributed by atoms with Crippen LogP contribution in [0.3, 0.4) is 0 Å². The number of carbonyl (C=O) groups excluding carboxylic acids is 1. The molecule has 0 bridgehead atoms. The van der Waals surface area contributed by atoms with Gasteiger partial charge in [-0.3, -0.25) is 19.5 Å². The van der Waals surface area contributed by atoms with Crippen LogP contribution >= 0.6 is 0 Å². The maximum absolute atomic E-state index is 12.7. The van der Waals surface area contributed by atoms with Crippen molar-refractivity contribution in [2.24, 2.45) is 0 Å². The molecule has 3 aromatic rings. The van der Waals surface area contributed by atoms with Gasteiger partial charge in [-0.15, -0.1) is 0 Å². The van der Waals surface area contributed by atoms with E-state index in [2.05, 4.69) is 0 Å². The average molecular weight is 437 g/mol. The Hall–Kier alpha value is -3.82. The summed E-state index contributed by atoms with van der Waals surface area (Å²) in [6.45, 7) is 0. The third kappa shape index (κ3) is 3.72. The number of hydrogen-bond donors (Lipinski definition) is 2. The van der Waals surface area contributed by atoms with Gasteiger partial charge in [-0.05, 0) is 10.9 Å². The summed E-state index contributed by atoms with van der Waals surface area (Å²) in [5, 5.41) is 23.1. The number of carbonyl (C=O) groups is 1. The Balaban J connectivity index is 1.82. The highest BCUT2D eigenvalue weighted by molar-refractivity contribution is 7.95. The Morgan fingerprint density at radius 2 is 1.81 bits per heavy atom. The molecular formula is C22H15NO7S. The van der Waals surface area contributed by atoms with E-state index in [0.717, 1.165) is 23.6 Å². The third-order valence-electron chi connectivity index (χ3n) is 5.11. The molecule has 0 saturated heterocycles. The number of nitro benzene ring substituents is 1. The number of nitrogens with zero attached hydrogens (tertiary/aromatic N) is 1. The number of fused-ring (bicyclic) bond motifs is 2. The molecule has 0 spiro atoms. The number of ketones is 1. The van der Waals surface area contributed by atoms with Gasteiger partial charge in [0, 0.05) is 34.7 Å². The van der Waals surface area contributed by atoms with Gasteiger partial charge in [0.2, 0.25) is 0 Å². The summed E-state index contributed by atoms with van der Waals surface area (Å²) >= 11 is 0. The Labute approximate surface area is 176 Å². The van der Waals surface area contributed by atoms with Gasteiger partial charge in [0.1, 0.15) is 10.7 Å². The Kier molecular flexibility index (Phi) is 4.92. The number of hydrogen-bond acceptors (Lipinski definition) is 6. The van der Waals surface area contributed by atoms with Crippen LogP contribution in [0.4, 0.5) is 5.69 Å². The normalized spacial score (nSPS) is 16.4. The van der Waals surface area contributed by atoms with Gasteiger partial charge in [-0.25, -0.2) is 0 Å². The van der Waals surface area contributed by atoms with Gasteiger partial charge >= 0.3 is 0 Å². The molecule has 0 radical (unpaired) electrons. The zero-order chi connectivity index (χ0) is 22.3. The molecule has 0 aliphatic heterocycles. The predicted octanol–water partition coefficient (Wildman–Crippen LogP) is 4.06. The van der Waals surface area contributed by atoms with Crippen LogP contribution in [-0.4, -0.2) is 28.8 Å². The minimum absolute atomic E-state index is 0.0238. The second kappa shape index (κ2) is 7.46. The zero-order valence-corrected chi connectivity index (χ0v) is 16.6. The lowest BCUT2D eigenvalue weighted by Crippen LogP contribution is -2.18. The van der Waals surface area contributed by atoms with Crippen molar-refractivity contribution in [3.05, 3.63) is 93.6 Å². The molecule has 4 rings (SSSR count). The maximum atomic E-state index is 12.7. The number of allylic oxidation sites excluding steroid dienone is 2. The molecule has 9 heteroatoms. The number of non-ortho nitro benzene ring substituents is 1. The summed E-state index contributed by atoms with van der Waals surface area (Å²) < 4.78 is 33.0. The Morgan fingerprint density at radius 3 is 2.52 bits per heavy atom. The SMILES string of the molecule is O=C1C=C(S(=O)(=O)O)c2cc([N+](=O)[O-])ccc2C1C=Cc1ccc2ccccc2c1O. The van der Waals surface area contributed by atoms with Gasteiger partial charge in [0.05, 0.1) is 10.8 Å². The van der Waals surface area contributed by atoms with E-state index >= 15 is 0 Å². The van der Waals surface area contributed by atoms with Crippen LogP contribution in [0.25, 0.3) is 21.8 Å². The first kappa shape index (κ1) is 20.5. The molecule has 0 aromatic heterocycles. The van der Waals surface area contributed by atoms with Crippen LogP contribution in [0.1, 0.15) is 22.6 Å². The quantitative estimate of drug-likeness (QED) is 0.357.